The van der Waals surface area contributed by atoms with E-state index in [-0.39, 0.29) is 11.5 Å². The molecule has 0 aliphatic carbocycles. The molecule has 8 heteroatoms. The minimum atomic E-state index is -0.840. The lowest BCUT2D eigenvalue weighted by Crippen LogP contribution is -2.34. The van der Waals surface area contributed by atoms with Gasteiger partial charge in [0.1, 0.15) is 5.56 Å². The molecule has 1 N–H and O–H groups in total. The highest BCUT2D eigenvalue weighted by Crippen LogP contribution is 2.28. The van der Waals surface area contributed by atoms with Crippen LogP contribution < -0.4 is 15.0 Å². The third kappa shape index (κ3) is 5.10. The van der Waals surface area contributed by atoms with E-state index in [1.807, 2.05) is 13.0 Å². The van der Waals surface area contributed by atoms with Crippen LogP contribution in [0.3, 0.4) is 0 Å². The highest BCUT2D eigenvalue weighted by molar-refractivity contribution is 5.90. The third-order valence-corrected chi connectivity index (χ3v) is 3.92. The van der Waals surface area contributed by atoms with E-state index in [0.717, 1.165) is 5.56 Å². The Morgan fingerprint density at radius 3 is 2.48 bits per heavy atom. The molecule has 0 bridgehead atoms. The molecule has 0 aliphatic heterocycles. The van der Waals surface area contributed by atoms with Crippen molar-refractivity contribution in [3.63, 3.8) is 0 Å². The Kier molecular flexibility index (Phi) is 6.99. The number of methoxy groups -OCH3 is 2. The Hall–Kier alpha value is -3.29. The van der Waals surface area contributed by atoms with Crippen LogP contribution >= 0.6 is 0 Å². The van der Waals surface area contributed by atoms with E-state index in [9.17, 15) is 14.4 Å². The van der Waals surface area contributed by atoms with Crippen LogP contribution in [-0.2, 0) is 16.1 Å². The smallest absolute Gasteiger partial charge is 0.344 e. The van der Waals surface area contributed by atoms with Crippen LogP contribution in [0.4, 0.5) is 0 Å². The highest BCUT2D eigenvalue weighted by atomic mass is 16.5. The fraction of sp³-hybridized carbons (Fsp3) is 0.316. The number of benzene rings is 1. The molecule has 0 unspecified atom stereocenters. The summed E-state index contributed by atoms with van der Waals surface area (Å²) in [7, 11) is 3.08. The van der Waals surface area contributed by atoms with Crippen molar-refractivity contribution in [2.24, 2.45) is 0 Å². The standard InChI is InChI=1S/C19H22N2O6/c1-4-21(11-13-7-8-15(25-2)16(10-13)26-3)17(22)12-27-19(24)14-6-5-9-20-18(14)23/h5-10H,4,11-12H2,1-3H3,(H,20,23). The maximum Gasteiger partial charge on any atom is 0.344 e. The van der Waals surface area contributed by atoms with Crippen molar-refractivity contribution >= 4 is 11.9 Å². The van der Waals surface area contributed by atoms with Gasteiger partial charge in [-0.3, -0.25) is 9.59 Å². The van der Waals surface area contributed by atoms with E-state index in [4.69, 9.17) is 14.2 Å². The summed E-state index contributed by atoms with van der Waals surface area (Å²) in [5, 5.41) is 0. The van der Waals surface area contributed by atoms with Crippen molar-refractivity contribution in [2.45, 2.75) is 13.5 Å². The molecule has 0 spiro atoms. The van der Waals surface area contributed by atoms with E-state index >= 15 is 0 Å². The maximum atomic E-state index is 12.4. The van der Waals surface area contributed by atoms with Gasteiger partial charge in [-0.25, -0.2) is 4.79 Å². The first kappa shape index (κ1) is 20.0. The van der Waals surface area contributed by atoms with Gasteiger partial charge in [0.2, 0.25) is 0 Å². The fourth-order valence-corrected chi connectivity index (χ4v) is 2.45. The second-order valence-electron chi connectivity index (χ2n) is 5.59. The molecule has 0 aliphatic rings. The summed E-state index contributed by atoms with van der Waals surface area (Å²) in [6, 6.07) is 8.22. The van der Waals surface area contributed by atoms with Gasteiger partial charge >= 0.3 is 5.97 Å². The van der Waals surface area contributed by atoms with Gasteiger partial charge in [-0.05, 0) is 36.8 Å². The van der Waals surface area contributed by atoms with Crippen molar-refractivity contribution in [1.82, 2.24) is 9.88 Å². The van der Waals surface area contributed by atoms with Gasteiger partial charge < -0.3 is 24.1 Å². The SMILES string of the molecule is CCN(Cc1ccc(OC)c(OC)c1)C(=O)COC(=O)c1ccc[nH]c1=O. The number of likely N-dealkylation sites (N-methyl/N-ethyl adjacent to an activating group) is 1. The van der Waals surface area contributed by atoms with E-state index in [2.05, 4.69) is 4.98 Å². The maximum absolute atomic E-state index is 12.4. The van der Waals surface area contributed by atoms with E-state index in [1.165, 1.54) is 30.3 Å². The Balaban J connectivity index is 2.00. The normalized spacial score (nSPS) is 10.2. The average Bonchev–Trinajstić information content (AvgIpc) is 2.70. The number of ether oxygens (including phenoxy) is 3. The molecule has 0 fully saturated rings. The van der Waals surface area contributed by atoms with Crippen molar-refractivity contribution in [1.29, 1.82) is 0 Å². The van der Waals surface area contributed by atoms with E-state index < -0.39 is 18.1 Å². The largest absolute Gasteiger partial charge is 0.493 e. The van der Waals surface area contributed by atoms with Gasteiger partial charge in [0.25, 0.3) is 11.5 Å². The quantitative estimate of drug-likeness (QED) is 0.705. The Morgan fingerprint density at radius 1 is 1.11 bits per heavy atom. The number of carbonyl (C=O) groups excluding carboxylic acids is 2. The van der Waals surface area contributed by atoms with Gasteiger partial charge in [-0.2, -0.15) is 0 Å². The topological polar surface area (TPSA) is 97.9 Å². The van der Waals surface area contributed by atoms with Crippen LogP contribution in [0.15, 0.2) is 41.3 Å². The number of esters is 1. The Labute approximate surface area is 156 Å². The summed E-state index contributed by atoms with van der Waals surface area (Å²) in [5.74, 6) is -0.0498. The lowest BCUT2D eigenvalue weighted by Gasteiger charge is -2.21. The van der Waals surface area contributed by atoms with Gasteiger partial charge in [0, 0.05) is 19.3 Å². The molecule has 0 atom stereocenters. The summed E-state index contributed by atoms with van der Waals surface area (Å²) in [5.41, 5.74) is 0.134. The van der Waals surface area contributed by atoms with Crippen LogP contribution in [0.1, 0.15) is 22.8 Å². The lowest BCUT2D eigenvalue weighted by molar-refractivity contribution is -0.134. The molecule has 2 rings (SSSR count). The molecule has 1 aromatic carbocycles. The zero-order valence-corrected chi connectivity index (χ0v) is 15.5. The van der Waals surface area contributed by atoms with Gasteiger partial charge in [0.05, 0.1) is 14.2 Å². The number of H-pyrrole nitrogens is 1. The number of hydrogen-bond donors (Lipinski definition) is 1. The van der Waals surface area contributed by atoms with Crippen molar-refractivity contribution in [2.75, 3.05) is 27.4 Å². The number of aromatic amines is 1. The zero-order chi connectivity index (χ0) is 19.8. The molecule has 0 saturated carbocycles. The molecule has 0 saturated heterocycles. The van der Waals surface area contributed by atoms with Crippen LogP contribution in [0, 0.1) is 0 Å². The zero-order valence-electron chi connectivity index (χ0n) is 15.5. The molecule has 1 heterocycles. The summed E-state index contributed by atoms with van der Waals surface area (Å²) < 4.78 is 15.4. The van der Waals surface area contributed by atoms with Gasteiger partial charge in [0.15, 0.2) is 18.1 Å². The van der Waals surface area contributed by atoms with Crippen LogP contribution in [0.2, 0.25) is 0 Å². The number of pyridine rings is 1. The van der Waals surface area contributed by atoms with Crippen molar-refractivity contribution in [3.8, 4) is 11.5 Å². The molecule has 27 heavy (non-hydrogen) atoms. The summed E-state index contributed by atoms with van der Waals surface area (Å²) in [6.45, 7) is 2.12. The van der Waals surface area contributed by atoms with Crippen molar-refractivity contribution in [3.05, 3.63) is 58.0 Å². The number of hydrogen-bond acceptors (Lipinski definition) is 6. The Morgan fingerprint density at radius 2 is 1.85 bits per heavy atom. The molecule has 8 nitrogen and oxygen atoms in total. The number of aromatic nitrogens is 1. The van der Waals surface area contributed by atoms with E-state index in [0.29, 0.717) is 24.6 Å². The molecule has 1 aromatic heterocycles. The number of amides is 1. The summed E-state index contributed by atoms with van der Waals surface area (Å²) in [6.07, 6.45) is 1.41. The molecule has 144 valence electrons. The minimum Gasteiger partial charge on any atom is -0.493 e. The first-order chi connectivity index (χ1) is 13.0. The predicted octanol–water partition coefficient (Wildman–Crippen LogP) is 1.60. The highest BCUT2D eigenvalue weighted by Gasteiger charge is 2.18. The second kappa shape index (κ2) is 9.42. The first-order valence-corrected chi connectivity index (χ1v) is 8.33. The molecule has 2 aromatic rings. The average molecular weight is 374 g/mol. The Bertz CT molecular complexity index is 861. The van der Waals surface area contributed by atoms with Gasteiger partial charge in [-0.15, -0.1) is 0 Å². The fourth-order valence-electron chi connectivity index (χ4n) is 2.45. The van der Waals surface area contributed by atoms with Gasteiger partial charge in [-0.1, -0.05) is 6.07 Å². The number of nitrogens with zero attached hydrogens (tertiary/aromatic N) is 1. The van der Waals surface area contributed by atoms with Crippen LogP contribution in [0.5, 0.6) is 11.5 Å². The number of carbonyl (C=O) groups is 2. The van der Waals surface area contributed by atoms with E-state index in [1.54, 1.807) is 19.2 Å². The minimum absolute atomic E-state index is 0.145. The predicted molar refractivity (Wildman–Crippen MR) is 98.0 cm³/mol. The molecular weight excluding hydrogens is 352 g/mol. The number of nitrogens with one attached hydrogen (secondary N) is 1. The van der Waals surface area contributed by atoms with Crippen molar-refractivity contribution < 1.29 is 23.8 Å². The first-order valence-electron chi connectivity index (χ1n) is 8.33. The molecular formula is C19H22N2O6. The monoisotopic (exact) mass is 374 g/mol. The third-order valence-electron chi connectivity index (χ3n) is 3.92. The van der Waals surface area contributed by atoms with Crippen LogP contribution in [0.25, 0.3) is 0 Å². The summed E-state index contributed by atoms with van der Waals surface area (Å²) >= 11 is 0. The lowest BCUT2D eigenvalue weighted by atomic mass is 10.2. The summed E-state index contributed by atoms with van der Waals surface area (Å²) in [4.78, 5) is 39.8. The van der Waals surface area contributed by atoms with Crippen LogP contribution in [-0.4, -0.2) is 49.1 Å². The molecule has 0 radical (unpaired) electrons. The second-order valence-corrected chi connectivity index (χ2v) is 5.59. The number of rotatable bonds is 8. The molecule has 1 amide bonds.